The van der Waals surface area contributed by atoms with Crippen LogP contribution < -0.4 is 0 Å². The maximum Gasteiger partial charge on any atom is 0.191 e. The van der Waals surface area contributed by atoms with Crippen LogP contribution in [-0.2, 0) is 19.0 Å². The Balaban J connectivity index is 1.21. The molecular weight excluding hydrogens is 494 g/mol. The van der Waals surface area contributed by atoms with Crippen molar-refractivity contribution in [3.63, 3.8) is 0 Å². The third-order valence-electron chi connectivity index (χ3n) is 7.11. The van der Waals surface area contributed by atoms with Crippen molar-refractivity contribution < 1.29 is 23.8 Å². The van der Waals surface area contributed by atoms with Gasteiger partial charge in [-0.2, -0.15) is 0 Å². The third kappa shape index (κ3) is 6.84. The van der Waals surface area contributed by atoms with Gasteiger partial charge in [0.15, 0.2) is 16.6 Å². The molecule has 1 aromatic carbocycles. The molecule has 1 saturated carbocycles. The third-order valence-corrected chi connectivity index (χ3v) is 9.36. The first kappa shape index (κ1) is 26.0. The van der Waals surface area contributed by atoms with E-state index in [1.165, 1.54) is 29.1 Å². The molecular formula is C28H35NO5S2. The Morgan fingerprint density at radius 3 is 2.53 bits per heavy atom. The van der Waals surface area contributed by atoms with Crippen molar-refractivity contribution in [2.75, 3.05) is 19.8 Å². The van der Waals surface area contributed by atoms with Crippen molar-refractivity contribution in [3.8, 4) is 0 Å². The number of nitrogens with zero attached hydrogens (tertiary/aromatic N) is 1. The van der Waals surface area contributed by atoms with Crippen LogP contribution in [0.3, 0.4) is 0 Å². The highest BCUT2D eigenvalue weighted by atomic mass is 32.2. The van der Waals surface area contributed by atoms with E-state index in [0.717, 1.165) is 49.0 Å². The molecule has 36 heavy (non-hydrogen) atoms. The molecule has 2 aliphatic heterocycles. The number of carbonyl (C=O) groups excluding carboxylic acids is 2. The molecule has 2 saturated heterocycles. The van der Waals surface area contributed by atoms with Crippen LogP contribution in [0.2, 0.25) is 0 Å². The molecule has 2 aromatic rings. The lowest BCUT2D eigenvalue weighted by Gasteiger charge is -2.26. The number of benzene rings is 1. The van der Waals surface area contributed by atoms with E-state index >= 15 is 0 Å². The first-order valence-electron chi connectivity index (χ1n) is 13.0. The van der Waals surface area contributed by atoms with Crippen molar-refractivity contribution in [1.82, 2.24) is 4.98 Å². The van der Waals surface area contributed by atoms with Gasteiger partial charge in [0.25, 0.3) is 0 Å². The first-order chi connectivity index (χ1) is 17.4. The fourth-order valence-corrected chi connectivity index (χ4v) is 6.72. The highest BCUT2D eigenvalue weighted by Gasteiger charge is 2.35. The fraction of sp³-hybridized carbons (Fsp3) is 0.607. The van der Waals surface area contributed by atoms with Gasteiger partial charge in [-0.3, -0.25) is 9.59 Å². The molecule has 5 rings (SSSR count). The topological polar surface area (TPSA) is 74.7 Å². The molecule has 3 aliphatic rings. The molecule has 6 nitrogen and oxygen atoms in total. The van der Waals surface area contributed by atoms with E-state index in [1.54, 1.807) is 0 Å². The van der Waals surface area contributed by atoms with Gasteiger partial charge >= 0.3 is 0 Å². The number of hydrogen-bond donors (Lipinski definition) is 0. The Bertz CT molecular complexity index is 1060. The Morgan fingerprint density at radius 2 is 1.86 bits per heavy atom. The number of thioether (sulfide) groups is 1. The number of ether oxygens (including phenoxy) is 3. The Kier molecular flexibility index (Phi) is 8.27. The van der Waals surface area contributed by atoms with E-state index in [0.29, 0.717) is 17.5 Å². The van der Waals surface area contributed by atoms with Gasteiger partial charge in [0, 0.05) is 47.5 Å². The summed E-state index contributed by atoms with van der Waals surface area (Å²) in [5.41, 5.74) is 1.79. The van der Waals surface area contributed by atoms with Crippen molar-refractivity contribution in [2.45, 2.75) is 86.7 Å². The van der Waals surface area contributed by atoms with Crippen molar-refractivity contribution in [2.24, 2.45) is 5.92 Å². The maximum atomic E-state index is 13.5. The quantitative estimate of drug-likeness (QED) is 0.314. The van der Waals surface area contributed by atoms with Gasteiger partial charge in [0.1, 0.15) is 11.9 Å². The molecule has 3 heterocycles. The predicted octanol–water partition coefficient (Wildman–Crippen LogP) is 6.35. The zero-order chi connectivity index (χ0) is 25.1. The largest absolute Gasteiger partial charge is 0.381 e. The SMILES string of the molecule is CC1(C)OCC(c2csc(C(=O)CCC(=O)C(CC3CCOCC3)c3ccc(SC4CC4)cc3)n2)O1. The van der Waals surface area contributed by atoms with E-state index in [2.05, 4.69) is 29.2 Å². The second-order valence-corrected chi connectivity index (χ2v) is 12.7. The highest BCUT2D eigenvalue weighted by molar-refractivity contribution is 8.00. The molecule has 194 valence electrons. The summed E-state index contributed by atoms with van der Waals surface area (Å²) < 4.78 is 17.0. The minimum atomic E-state index is -0.640. The number of thiazole rings is 1. The predicted molar refractivity (Wildman–Crippen MR) is 141 cm³/mol. The number of rotatable bonds is 11. The lowest BCUT2D eigenvalue weighted by Crippen LogP contribution is -2.22. The summed E-state index contributed by atoms with van der Waals surface area (Å²) in [5, 5.41) is 3.06. The van der Waals surface area contributed by atoms with E-state index in [1.807, 2.05) is 31.0 Å². The van der Waals surface area contributed by atoms with Crippen LogP contribution in [0.15, 0.2) is 34.5 Å². The number of carbonyl (C=O) groups is 2. The van der Waals surface area contributed by atoms with Crippen LogP contribution in [0.5, 0.6) is 0 Å². The summed E-state index contributed by atoms with van der Waals surface area (Å²) in [4.78, 5) is 32.2. The zero-order valence-corrected chi connectivity index (χ0v) is 22.7. The average Bonchev–Trinajstić information content (AvgIpc) is 3.41. The highest BCUT2D eigenvalue weighted by Crippen LogP contribution is 2.40. The van der Waals surface area contributed by atoms with Crippen LogP contribution in [0.1, 0.15) is 91.9 Å². The second-order valence-electron chi connectivity index (χ2n) is 10.5. The molecule has 1 aromatic heterocycles. The van der Waals surface area contributed by atoms with Gasteiger partial charge in [0.2, 0.25) is 0 Å². The lowest BCUT2D eigenvalue weighted by molar-refractivity contribution is -0.139. The summed E-state index contributed by atoms with van der Waals surface area (Å²) in [7, 11) is 0. The summed E-state index contributed by atoms with van der Waals surface area (Å²) in [6.07, 6.45) is 5.55. The number of aromatic nitrogens is 1. The molecule has 0 amide bonds. The van der Waals surface area contributed by atoms with Crippen molar-refractivity contribution >= 4 is 34.7 Å². The van der Waals surface area contributed by atoms with E-state index < -0.39 is 5.79 Å². The molecule has 2 atom stereocenters. The van der Waals surface area contributed by atoms with Crippen LogP contribution in [0.4, 0.5) is 0 Å². The van der Waals surface area contributed by atoms with Gasteiger partial charge in [-0.1, -0.05) is 12.1 Å². The first-order valence-corrected chi connectivity index (χ1v) is 14.8. The van der Waals surface area contributed by atoms with E-state index in [4.69, 9.17) is 14.2 Å². The molecule has 2 unspecified atom stereocenters. The zero-order valence-electron chi connectivity index (χ0n) is 21.1. The molecule has 3 fully saturated rings. The van der Waals surface area contributed by atoms with Gasteiger partial charge in [-0.15, -0.1) is 23.1 Å². The van der Waals surface area contributed by atoms with Crippen LogP contribution in [0, 0.1) is 5.92 Å². The van der Waals surface area contributed by atoms with Gasteiger partial charge < -0.3 is 14.2 Å². The van der Waals surface area contributed by atoms with Crippen molar-refractivity contribution in [1.29, 1.82) is 0 Å². The maximum absolute atomic E-state index is 13.5. The summed E-state index contributed by atoms with van der Waals surface area (Å²) in [6.45, 7) is 5.69. The average molecular weight is 530 g/mol. The van der Waals surface area contributed by atoms with Gasteiger partial charge in [-0.25, -0.2) is 4.98 Å². The lowest BCUT2D eigenvalue weighted by atomic mass is 9.81. The smallest absolute Gasteiger partial charge is 0.191 e. The summed E-state index contributed by atoms with van der Waals surface area (Å²) >= 11 is 3.25. The molecule has 0 bridgehead atoms. The summed E-state index contributed by atoms with van der Waals surface area (Å²) in [6, 6.07) is 8.54. The van der Waals surface area contributed by atoms with E-state index in [9.17, 15) is 9.59 Å². The minimum Gasteiger partial charge on any atom is -0.381 e. The number of Topliss-reactive ketones (excluding diaryl/α,β-unsaturated/α-hetero) is 2. The molecule has 0 spiro atoms. The number of ketones is 2. The van der Waals surface area contributed by atoms with Gasteiger partial charge in [0.05, 0.1) is 12.3 Å². The minimum absolute atomic E-state index is 0.0845. The molecule has 8 heteroatoms. The summed E-state index contributed by atoms with van der Waals surface area (Å²) in [5.74, 6) is -0.288. The Hall–Kier alpha value is -1.58. The Morgan fingerprint density at radius 1 is 1.11 bits per heavy atom. The van der Waals surface area contributed by atoms with Crippen LogP contribution in [0.25, 0.3) is 0 Å². The number of hydrogen-bond acceptors (Lipinski definition) is 8. The monoisotopic (exact) mass is 529 g/mol. The normalized spacial score (nSPS) is 23.0. The Labute approximate surface area is 221 Å². The standard InChI is InChI=1S/C28H35NO5S2/c1-28(2)33-16-26(34-28)23-17-35-27(29-23)25(31)10-9-24(30)22(15-18-11-13-32-14-12-18)19-3-5-20(6-4-19)36-21-7-8-21/h3-6,17-18,21-22,26H,7-16H2,1-2H3. The molecule has 0 N–H and O–H groups in total. The van der Waals surface area contributed by atoms with E-state index in [-0.39, 0.29) is 36.4 Å². The second kappa shape index (κ2) is 11.4. The van der Waals surface area contributed by atoms with Gasteiger partial charge in [-0.05, 0) is 69.6 Å². The van der Waals surface area contributed by atoms with Crippen LogP contribution in [-0.4, -0.2) is 47.4 Å². The van der Waals surface area contributed by atoms with Crippen molar-refractivity contribution in [3.05, 3.63) is 45.9 Å². The molecule has 0 radical (unpaired) electrons. The van der Waals surface area contributed by atoms with Crippen LogP contribution >= 0.6 is 23.1 Å². The fourth-order valence-electron chi connectivity index (χ4n) is 4.84. The molecule has 1 aliphatic carbocycles.